The van der Waals surface area contributed by atoms with E-state index in [1.165, 1.54) is 0 Å². The van der Waals surface area contributed by atoms with Crippen molar-refractivity contribution in [3.63, 3.8) is 0 Å². The van der Waals surface area contributed by atoms with Crippen LogP contribution in [0.5, 0.6) is 5.75 Å². The Hall–Kier alpha value is -0.970. The molecule has 0 aromatic heterocycles. The minimum atomic E-state index is 0. The Kier molecular flexibility index (Phi) is 10.3. The highest BCUT2D eigenvalue weighted by Gasteiger charge is 2.07. The van der Waals surface area contributed by atoms with Gasteiger partial charge in [-0.2, -0.15) is 0 Å². The van der Waals surface area contributed by atoms with Crippen LogP contribution in [-0.4, -0.2) is 44.6 Å². The summed E-state index contributed by atoms with van der Waals surface area (Å²) in [4.78, 5) is 13.4. The number of benzene rings is 1. The number of amides is 1. The summed E-state index contributed by atoms with van der Waals surface area (Å²) in [6.07, 6.45) is 1.42. The highest BCUT2D eigenvalue weighted by atomic mass is 35.5. The summed E-state index contributed by atoms with van der Waals surface area (Å²) in [5.41, 5.74) is 0. The molecular weight excluding hydrogens is 299 g/mol. The quantitative estimate of drug-likeness (QED) is 0.748. The van der Waals surface area contributed by atoms with Crippen LogP contribution in [0.1, 0.15) is 12.8 Å². The van der Waals surface area contributed by atoms with Gasteiger partial charge >= 0.3 is 0 Å². The Morgan fingerprint density at radius 1 is 1.45 bits per heavy atom. The van der Waals surface area contributed by atoms with Gasteiger partial charge in [-0.25, -0.2) is 0 Å². The SMILES string of the molecule is CNCCCC(=O)N(C)CCOc1cccc(Cl)c1.Cl. The summed E-state index contributed by atoms with van der Waals surface area (Å²) in [5, 5.41) is 3.67. The average Bonchev–Trinajstić information content (AvgIpc) is 2.39. The minimum absolute atomic E-state index is 0. The molecule has 0 bridgehead atoms. The van der Waals surface area contributed by atoms with Gasteiger partial charge in [0, 0.05) is 18.5 Å². The van der Waals surface area contributed by atoms with E-state index in [-0.39, 0.29) is 18.3 Å². The number of hydrogen-bond donors (Lipinski definition) is 1. The predicted octanol–water partition coefficient (Wildman–Crippen LogP) is 2.60. The van der Waals surface area contributed by atoms with Gasteiger partial charge in [0.2, 0.25) is 5.91 Å². The third-order valence-corrected chi connectivity index (χ3v) is 2.97. The van der Waals surface area contributed by atoms with Crippen molar-refractivity contribution in [3.8, 4) is 5.75 Å². The van der Waals surface area contributed by atoms with E-state index in [0.29, 0.717) is 24.6 Å². The van der Waals surface area contributed by atoms with Gasteiger partial charge in [-0.05, 0) is 38.2 Å². The second-order valence-corrected chi connectivity index (χ2v) is 4.76. The molecule has 0 aliphatic heterocycles. The lowest BCUT2D eigenvalue weighted by Gasteiger charge is -2.17. The third-order valence-electron chi connectivity index (χ3n) is 2.73. The number of rotatable bonds is 8. The van der Waals surface area contributed by atoms with Crippen LogP contribution in [0, 0.1) is 0 Å². The molecule has 20 heavy (non-hydrogen) atoms. The van der Waals surface area contributed by atoms with Gasteiger partial charge in [0.1, 0.15) is 12.4 Å². The summed E-state index contributed by atoms with van der Waals surface area (Å²) < 4.78 is 5.54. The summed E-state index contributed by atoms with van der Waals surface area (Å²) in [7, 11) is 3.68. The Balaban J connectivity index is 0.00000361. The van der Waals surface area contributed by atoms with Gasteiger partial charge in [0.25, 0.3) is 0 Å². The van der Waals surface area contributed by atoms with Crippen LogP contribution in [0.3, 0.4) is 0 Å². The fraction of sp³-hybridized carbons (Fsp3) is 0.500. The number of carbonyl (C=O) groups excluding carboxylic acids is 1. The maximum absolute atomic E-state index is 11.7. The summed E-state index contributed by atoms with van der Waals surface area (Å²) in [5.74, 6) is 0.869. The number of hydrogen-bond acceptors (Lipinski definition) is 3. The highest BCUT2D eigenvalue weighted by molar-refractivity contribution is 6.30. The van der Waals surface area contributed by atoms with Crippen LogP contribution in [0.4, 0.5) is 0 Å². The predicted molar refractivity (Wildman–Crippen MR) is 85.0 cm³/mol. The zero-order valence-corrected chi connectivity index (χ0v) is 13.5. The molecule has 0 atom stereocenters. The molecule has 1 N–H and O–H groups in total. The molecule has 1 amide bonds. The van der Waals surface area contributed by atoms with Crippen molar-refractivity contribution in [1.82, 2.24) is 10.2 Å². The normalized spacial score (nSPS) is 9.75. The number of halogens is 2. The Morgan fingerprint density at radius 2 is 2.20 bits per heavy atom. The monoisotopic (exact) mass is 320 g/mol. The Morgan fingerprint density at radius 3 is 2.85 bits per heavy atom. The lowest BCUT2D eigenvalue weighted by atomic mass is 10.3. The van der Waals surface area contributed by atoms with E-state index in [2.05, 4.69) is 5.32 Å². The number of nitrogens with one attached hydrogen (secondary N) is 1. The summed E-state index contributed by atoms with van der Waals surface area (Å²) in [6.45, 7) is 1.90. The van der Waals surface area contributed by atoms with Crippen LogP contribution in [0.25, 0.3) is 0 Å². The Bertz CT molecular complexity index is 403. The fourth-order valence-electron chi connectivity index (χ4n) is 1.59. The second kappa shape index (κ2) is 10.8. The van der Waals surface area contributed by atoms with Crippen molar-refractivity contribution in [2.45, 2.75) is 12.8 Å². The van der Waals surface area contributed by atoms with Crippen molar-refractivity contribution in [1.29, 1.82) is 0 Å². The lowest BCUT2D eigenvalue weighted by Crippen LogP contribution is -2.31. The molecule has 0 unspecified atom stereocenters. The number of carbonyl (C=O) groups is 1. The molecule has 0 heterocycles. The molecule has 114 valence electrons. The second-order valence-electron chi connectivity index (χ2n) is 4.33. The molecule has 0 spiro atoms. The third kappa shape index (κ3) is 7.58. The van der Waals surface area contributed by atoms with E-state index in [0.717, 1.165) is 18.7 Å². The first-order valence-corrected chi connectivity index (χ1v) is 6.78. The van der Waals surface area contributed by atoms with E-state index in [4.69, 9.17) is 16.3 Å². The largest absolute Gasteiger partial charge is 0.492 e. The number of likely N-dealkylation sites (N-methyl/N-ethyl adjacent to an activating group) is 1. The fourth-order valence-corrected chi connectivity index (χ4v) is 1.77. The molecule has 0 saturated carbocycles. The van der Waals surface area contributed by atoms with Gasteiger partial charge < -0.3 is 15.0 Å². The van der Waals surface area contributed by atoms with Crippen molar-refractivity contribution in [2.24, 2.45) is 0 Å². The maximum atomic E-state index is 11.7. The van der Waals surface area contributed by atoms with Crippen molar-refractivity contribution >= 4 is 29.9 Å². The number of nitrogens with zero attached hydrogens (tertiary/aromatic N) is 1. The van der Waals surface area contributed by atoms with Crippen molar-refractivity contribution in [3.05, 3.63) is 29.3 Å². The highest BCUT2D eigenvalue weighted by Crippen LogP contribution is 2.16. The lowest BCUT2D eigenvalue weighted by molar-refractivity contribution is -0.130. The molecule has 4 nitrogen and oxygen atoms in total. The summed E-state index contributed by atoms with van der Waals surface area (Å²) >= 11 is 5.86. The van der Waals surface area contributed by atoms with Crippen LogP contribution >= 0.6 is 24.0 Å². The molecule has 1 aromatic rings. The van der Waals surface area contributed by atoms with E-state index in [1.807, 2.05) is 19.2 Å². The topological polar surface area (TPSA) is 41.6 Å². The standard InChI is InChI=1S/C14H21ClN2O2.ClH/c1-16-8-4-7-14(18)17(2)9-10-19-13-6-3-5-12(15)11-13;/h3,5-6,11,16H,4,7-10H2,1-2H3;1H. The first kappa shape index (κ1) is 19.0. The van der Waals surface area contributed by atoms with Gasteiger partial charge in [-0.15, -0.1) is 12.4 Å². The molecule has 1 rings (SSSR count). The molecule has 6 heteroatoms. The molecule has 0 radical (unpaired) electrons. The zero-order valence-electron chi connectivity index (χ0n) is 11.9. The van der Waals surface area contributed by atoms with Gasteiger partial charge in [-0.3, -0.25) is 4.79 Å². The van der Waals surface area contributed by atoms with Gasteiger partial charge in [0.05, 0.1) is 6.54 Å². The number of ether oxygens (including phenoxy) is 1. The average molecular weight is 321 g/mol. The summed E-state index contributed by atoms with van der Waals surface area (Å²) in [6, 6.07) is 7.24. The van der Waals surface area contributed by atoms with E-state index >= 15 is 0 Å². The first-order chi connectivity index (χ1) is 9.13. The molecular formula is C14H22Cl2N2O2. The minimum Gasteiger partial charge on any atom is -0.492 e. The van der Waals surface area contributed by atoms with Gasteiger partial charge in [0.15, 0.2) is 0 Å². The smallest absolute Gasteiger partial charge is 0.222 e. The molecule has 0 aliphatic carbocycles. The van der Waals surface area contributed by atoms with E-state index in [9.17, 15) is 4.79 Å². The van der Waals surface area contributed by atoms with Crippen molar-refractivity contribution in [2.75, 3.05) is 33.8 Å². The Labute approximate surface area is 131 Å². The molecule has 0 fully saturated rings. The van der Waals surface area contributed by atoms with Crippen LogP contribution in [0.15, 0.2) is 24.3 Å². The van der Waals surface area contributed by atoms with Crippen LogP contribution < -0.4 is 10.1 Å². The van der Waals surface area contributed by atoms with Crippen LogP contribution in [0.2, 0.25) is 5.02 Å². The molecule has 0 saturated heterocycles. The maximum Gasteiger partial charge on any atom is 0.222 e. The van der Waals surface area contributed by atoms with E-state index in [1.54, 1.807) is 24.1 Å². The zero-order chi connectivity index (χ0) is 14.1. The first-order valence-electron chi connectivity index (χ1n) is 6.40. The van der Waals surface area contributed by atoms with Gasteiger partial charge in [-0.1, -0.05) is 17.7 Å². The molecule has 0 aliphatic rings. The van der Waals surface area contributed by atoms with Crippen LogP contribution in [-0.2, 0) is 4.79 Å². The van der Waals surface area contributed by atoms with E-state index < -0.39 is 0 Å². The van der Waals surface area contributed by atoms with Crippen molar-refractivity contribution < 1.29 is 9.53 Å². The molecule has 1 aromatic carbocycles.